The molecule has 1 fully saturated rings. The summed E-state index contributed by atoms with van der Waals surface area (Å²) in [5, 5.41) is 20.0. The molecule has 0 spiro atoms. The van der Waals surface area contributed by atoms with Crippen LogP contribution in [0.3, 0.4) is 0 Å². The second-order valence-corrected chi connectivity index (χ2v) is 8.35. The molecule has 2 aliphatic rings. The molecule has 8 nitrogen and oxygen atoms in total. The van der Waals surface area contributed by atoms with Crippen molar-refractivity contribution in [2.24, 2.45) is 5.92 Å². The van der Waals surface area contributed by atoms with Gasteiger partial charge in [0.1, 0.15) is 0 Å². The van der Waals surface area contributed by atoms with Gasteiger partial charge >= 0.3 is 5.97 Å². The Labute approximate surface area is 183 Å². The minimum Gasteiger partial charge on any atom is -0.481 e. The van der Waals surface area contributed by atoms with Gasteiger partial charge in [-0.3, -0.25) is 14.5 Å². The van der Waals surface area contributed by atoms with Crippen molar-refractivity contribution in [1.82, 2.24) is 9.80 Å². The first kappa shape index (κ1) is 23.3. The third kappa shape index (κ3) is 5.30. The number of amides is 1. The summed E-state index contributed by atoms with van der Waals surface area (Å²) in [4.78, 5) is 28.9. The van der Waals surface area contributed by atoms with E-state index in [1.165, 1.54) is 0 Å². The normalized spacial score (nSPS) is 22.6. The highest BCUT2D eigenvalue weighted by Gasteiger charge is 2.47. The van der Waals surface area contributed by atoms with Gasteiger partial charge in [-0.15, -0.1) is 0 Å². The summed E-state index contributed by atoms with van der Waals surface area (Å²) in [7, 11) is 0. The third-order valence-corrected chi connectivity index (χ3v) is 6.30. The molecule has 2 N–H and O–H groups in total. The number of likely N-dealkylation sites (tertiary alicyclic amines) is 1. The van der Waals surface area contributed by atoms with Crippen LogP contribution in [0.15, 0.2) is 18.2 Å². The van der Waals surface area contributed by atoms with E-state index in [2.05, 4.69) is 13.8 Å². The number of unbranched alkanes of at least 4 members (excludes halogenated alkanes) is 2. The van der Waals surface area contributed by atoms with Crippen LogP contribution >= 0.6 is 0 Å². The maximum atomic E-state index is 13.1. The zero-order valence-corrected chi connectivity index (χ0v) is 18.5. The molecule has 1 aromatic carbocycles. The molecular weight excluding hydrogens is 400 g/mol. The van der Waals surface area contributed by atoms with Crippen LogP contribution in [0.25, 0.3) is 0 Å². The van der Waals surface area contributed by atoms with Crippen molar-refractivity contribution < 1.29 is 29.3 Å². The zero-order chi connectivity index (χ0) is 22.4. The summed E-state index contributed by atoms with van der Waals surface area (Å²) in [6.07, 6.45) is 3.89. The molecule has 1 saturated heterocycles. The van der Waals surface area contributed by atoms with E-state index >= 15 is 0 Å². The molecule has 3 atom stereocenters. The van der Waals surface area contributed by atoms with Gasteiger partial charge < -0.3 is 24.6 Å². The second-order valence-electron chi connectivity index (χ2n) is 8.35. The number of hydrogen-bond donors (Lipinski definition) is 2. The summed E-state index contributed by atoms with van der Waals surface area (Å²) in [5.74, 6) is -0.889. The fourth-order valence-corrected chi connectivity index (χ4v) is 4.53. The van der Waals surface area contributed by atoms with Gasteiger partial charge in [0, 0.05) is 31.6 Å². The Morgan fingerprint density at radius 2 is 1.81 bits per heavy atom. The number of carboxylic acid groups (broad SMARTS) is 1. The number of aliphatic hydroxyl groups is 1. The predicted octanol–water partition coefficient (Wildman–Crippen LogP) is 2.31. The fourth-order valence-electron chi connectivity index (χ4n) is 4.53. The van der Waals surface area contributed by atoms with Gasteiger partial charge in [-0.25, -0.2) is 0 Å². The lowest BCUT2D eigenvalue weighted by Crippen LogP contribution is -2.46. The molecule has 0 aliphatic carbocycles. The minimum absolute atomic E-state index is 0.00387. The maximum absolute atomic E-state index is 13.1. The van der Waals surface area contributed by atoms with Gasteiger partial charge in [0.15, 0.2) is 11.5 Å². The molecule has 1 aromatic rings. The number of carbonyl (C=O) groups is 2. The summed E-state index contributed by atoms with van der Waals surface area (Å²) >= 11 is 0. The van der Waals surface area contributed by atoms with E-state index in [9.17, 15) is 19.8 Å². The molecule has 3 unspecified atom stereocenters. The standard InChI is InChI=1S/C23H34N2O6/c1-3-5-9-24(10-6-4-2)21(27)13-25-12-17(22(23(28)29)18(25)14-26)16-7-8-19-20(11-16)31-15-30-19/h7-8,11,17-18,22,26H,3-6,9-10,12-15H2,1-2H3,(H,28,29). The molecule has 3 rings (SSSR count). The Morgan fingerprint density at radius 1 is 1.13 bits per heavy atom. The van der Waals surface area contributed by atoms with Gasteiger partial charge in [0.05, 0.1) is 19.1 Å². The zero-order valence-electron chi connectivity index (χ0n) is 18.5. The Morgan fingerprint density at radius 3 is 2.42 bits per heavy atom. The van der Waals surface area contributed by atoms with Crippen molar-refractivity contribution in [3.63, 3.8) is 0 Å². The number of benzene rings is 1. The van der Waals surface area contributed by atoms with E-state index in [0.29, 0.717) is 31.1 Å². The highest BCUT2D eigenvalue weighted by Crippen LogP contribution is 2.41. The molecule has 8 heteroatoms. The van der Waals surface area contributed by atoms with E-state index < -0.39 is 17.9 Å². The van der Waals surface area contributed by atoms with Crippen molar-refractivity contribution in [2.75, 3.05) is 39.6 Å². The van der Waals surface area contributed by atoms with Crippen LogP contribution in [0, 0.1) is 5.92 Å². The maximum Gasteiger partial charge on any atom is 0.308 e. The summed E-state index contributed by atoms with van der Waals surface area (Å²) < 4.78 is 10.8. The predicted molar refractivity (Wildman–Crippen MR) is 115 cm³/mol. The second kappa shape index (κ2) is 10.8. The monoisotopic (exact) mass is 434 g/mol. The van der Waals surface area contributed by atoms with Crippen LogP contribution in [0.4, 0.5) is 0 Å². The molecule has 0 bridgehead atoms. The molecule has 0 radical (unpaired) electrons. The van der Waals surface area contributed by atoms with Crippen molar-refractivity contribution >= 4 is 11.9 Å². The Bertz CT molecular complexity index is 762. The number of fused-ring (bicyclic) bond motifs is 1. The fraction of sp³-hybridized carbons (Fsp3) is 0.652. The van der Waals surface area contributed by atoms with Gasteiger partial charge in [-0.2, -0.15) is 0 Å². The van der Waals surface area contributed by atoms with Gasteiger partial charge in [-0.05, 0) is 30.5 Å². The molecule has 2 heterocycles. The van der Waals surface area contributed by atoms with Crippen molar-refractivity contribution in [2.45, 2.75) is 51.5 Å². The van der Waals surface area contributed by atoms with Gasteiger partial charge in [0.2, 0.25) is 12.7 Å². The average Bonchev–Trinajstić information content (AvgIpc) is 3.37. The molecule has 0 saturated carbocycles. The molecule has 2 aliphatic heterocycles. The number of carbonyl (C=O) groups excluding carboxylic acids is 1. The highest BCUT2D eigenvalue weighted by molar-refractivity contribution is 5.79. The number of rotatable bonds is 11. The molecule has 31 heavy (non-hydrogen) atoms. The lowest BCUT2D eigenvalue weighted by atomic mass is 9.85. The van der Waals surface area contributed by atoms with Crippen LogP contribution < -0.4 is 9.47 Å². The van der Waals surface area contributed by atoms with E-state index in [1.54, 1.807) is 6.07 Å². The van der Waals surface area contributed by atoms with Crippen molar-refractivity contribution in [3.8, 4) is 11.5 Å². The van der Waals surface area contributed by atoms with Crippen LogP contribution in [-0.2, 0) is 9.59 Å². The number of hydrogen-bond acceptors (Lipinski definition) is 6. The minimum atomic E-state index is -0.967. The highest BCUT2D eigenvalue weighted by atomic mass is 16.7. The smallest absolute Gasteiger partial charge is 0.308 e. The third-order valence-electron chi connectivity index (χ3n) is 6.30. The summed E-state index contributed by atoms with van der Waals surface area (Å²) in [6.45, 7) is 5.96. The van der Waals surface area contributed by atoms with E-state index in [0.717, 1.165) is 31.2 Å². The lowest BCUT2D eigenvalue weighted by molar-refractivity contribution is -0.144. The van der Waals surface area contributed by atoms with E-state index in [4.69, 9.17) is 9.47 Å². The lowest BCUT2D eigenvalue weighted by Gasteiger charge is -2.28. The van der Waals surface area contributed by atoms with E-state index in [1.807, 2.05) is 21.9 Å². The van der Waals surface area contributed by atoms with Crippen LogP contribution in [-0.4, -0.2) is 77.5 Å². The first-order valence-electron chi connectivity index (χ1n) is 11.2. The number of nitrogens with zero attached hydrogens (tertiary/aromatic N) is 2. The molecule has 172 valence electrons. The number of aliphatic carboxylic acids is 1. The number of aliphatic hydroxyl groups excluding tert-OH is 1. The molecule has 0 aromatic heterocycles. The first-order chi connectivity index (χ1) is 15.0. The topological polar surface area (TPSA) is 99.5 Å². The summed E-state index contributed by atoms with van der Waals surface area (Å²) in [6, 6.07) is 4.84. The van der Waals surface area contributed by atoms with Gasteiger partial charge in [0.25, 0.3) is 0 Å². The number of carboxylic acids is 1. The van der Waals surface area contributed by atoms with Crippen LogP contribution in [0.2, 0.25) is 0 Å². The summed E-state index contributed by atoms with van der Waals surface area (Å²) in [5.41, 5.74) is 0.818. The quantitative estimate of drug-likeness (QED) is 0.551. The van der Waals surface area contributed by atoms with E-state index in [-0.39, 0.29) is 31.8 Å². The molecular formula is C23H34N2O6. The average molecular weight is 435 g/mol. The van der Waals surface area contributed by atoms with Crippen LogP contribution in [0.1, 0.15) is 51.0 Å². The van der Waals surface area contributed by atoms with Crippen LogP contribution in [0.5, 0.6) is 11.5 Å². The van der Waals surface area contributed by atoms with Gasteiger partial charge in [-0.1, -0.05) is 32.8 Å². The SMILES string of the molecule is CCCCN(CCCC)C(=O)CN1CC(c2ccc3c(c2)OCO3)C(C(=O)O)C1CO. The molecule has 1 amide bonds. The van der Waals surface area contributed by atoms with Crippen molar-refractivity contribution in [1.29, 1.82) is 0 Å². The first-order valence-corrected chi connectivity index (χ1v) is 11.2. The number of ether oxygens (including phenoxy) is 2. The van der Waals surface area contributed by atoms with Crippen molar-refractivity contribution in [3.05, 3.63) is 23.8 Å². The Kier molecular flexibility index (Phi) is 8.15. The Hall–Kier alpha value is -2.32. The largest absolute Gasteiger partial charge is 0.481 e. The Balaban J connectivity index is 1.78.